The average molecular weight is 239 g/mol. The van der Waals surface area contributed by atoms with Crippen molar-refractivity contribution in [2.75, 3.05) is 6.61 Å². The van der Waals surface area contributed by atoms with Crippen molar-refractivity contribution < 1.29 is 4.74 Å². The quantitative estimate of drug-likeness (QED) is 0.631. The van der Waals surface area contributed by atoms with Crippen LogP contribution in [-0.4, -0.2) is 11.4 Å². The van der Waals surface area contributed by atoms with E-state index in [1.165, 1.54) is 0 Å². The van der Waals surface area contributed by atoms with Gasteiger partial charge in [0.05, 0.1) is 6.61 Å². The molecule has 0 radical (unpaired) electrons. The number of allylic oxidation sites excluding steroid dienone is 1. The van der Waals surface area contributed by atoms with Crippen LogP contribution in [-0.2, 0) is 0 Å². The zero-order valence-electron chi connectivity index (χ0n) is 7.24. The summed E-state index contributed by atoms with van der Waals surface area (Å²) >= 11 is 3.56. The highest BCUT2D eigenvalue weighted by Crippen LogP contribution is 2.23. The molecule has 1 aliphatic heterocycles. The number of benzene rings is 1. The maximum absolute atomic E-state index is 5.62. The Morgan fingerprint density at radius 1 is 1.31 bits per heavy atom. The molecule has 13 heavy (non-hydrogen) atoms. The van der Waals surface area contributed by atoms with Crippen LogP contribution < -0.4 is 4.74 Å². The number of alkyl halides is 1. The fourth-order valence-corrected chi connectivity index (χ4v) is 1.67. The first-order valence-corrected chi connectivity index (χ1v) is 5.32. The van der Waals surface area contributed by atoms with Crippen LogP contribution in [0.3, 0.4) is 0 Å². The fraction of sp³-hybridized carbons (Fsp3) is 0.273. The molecule has 1 unspecified atom stereocenters. The lowest BCUT2D eigenvalue weighted by molar-refractivity contribution is 0.312. The lowest BCUT2D eigenvalue weighted by Crippen LogP contribution is -2.06. The molecular formula is C11H11BrO. The summed E-state index contributed by atoms with van der Waals surface area (Å²) in [6.45, 7) is 0.775. The number of hydrogen-bond acceptors (Lipinski definition) is 1. The average Bonchev–Trinajstić information content (AvgIpc) is 2.13. The topological polar surface area (TPSA) is 9.23 Å². The van der Waals surface area contributed by atoms with Crippen LogP contribution in [0.2, 0.25) is 0 Å². The van der Waals surface area contributed by atoms with E-state index < -0.39 is 0 Å². The highest BCUT2D eigenvalue weighted by Gasteiger charge is 2.06. The minimum atomic E-state index is 0.431. The second kappa shape index (κ2) is 3.97. The molecule has 0 saturated heterocycles. The first-order chi connectivity index (χ1) is 6.36. The van der Waals surface area contributed by atoms with Gasteiger partial charge in [-0.05, 0) is 12.5 Å². The van der Waals surface area contributed by atoms with E-state index in [4.69, 9.17) is 4.74 Å². The van der Waals surface area contributed by atoms with Gasteiger partial charge in [-0.2, -0.15) is 0 Å². The summed E-state index contributed by atoms with van der Waals surface area (Å²) < 4.78 is 5.62. The molecule has 1 aromatic carbocycles. The number of halogens is 1. The molecule has 0 spiro atoms. The molecule has 1 aromatic rings. The number of fused-ring (bicyclic) bond motifs is 1. The van der Waals surface area contributed by atoms with Gasteiger partial charge in [0.15, 0.2) is 0 Å². The fourth-order valence-electron chi connectivity index (χ4n) is 1.34. The molecular weight excluding hydrogens is 228 g/mol. The Bertz CT molecular complexity index is 320. The van der Waals surface area contributed by atoms with Crippen molar-refractivity contribution in [2.45, 2.75) is 11.2 Å². The summed E-state index contributed by atoms with van der Waals surface area (Å²) in [5.74, 6) is 0.984. The van der Waals surface area contributed by atoms with E-state index in [-0.39, 0.29) is 0 Å². The van der Waals surface area contributed by atoms with E-state index in [1.807, 2.05) is 18.2 Å². The van der Waals surface area contributed by atoms with Gasteiger partial charge in [0.1, 0.15) is 5.75 Å². The molecule has 2 heteroatoms. The maximum atomic E-state index is 5.62. The minimum Gasteiger partial charge on any atom is -0.493 e. The van der Waals surface area contributed by atoms with Crippen molar-refractivity contribution in [1.82, 2.24) is 0 Å². The van der Waals surface area contributed by atoms with Crippen molar-refractivity contribution >= 4 is 22.0 Å². The van der Waals surface area contributed by atoms with Gasteiger partial charge >= 0.3 is 0 Å². The van der Waals surface area contributed by atoms with E-state index in [0.29, 0.717) is 4.83 Å². The first kappa shape index (κ1) is 8.82. The Hall–Kier alpha value is -0.760. The lowest BCUT2D eigenvalue weighted by atomic mass is 10.1. The molecule has 2 rings (SSSR count). The van der Waals surface area contributed by atoms with E-state index in [2.05, 4.69) is 34.1 Å². The van der Waals surface area contributed by atoms with Crippen molar-refractivity contribution in [3.8, 4) is 5.75 Å². The molecule has 0 fully saturated rings. The van der Waals surface area contributed by atoms with E-state index >= 15 is 0 Å². The van der Waals surface area contributed by atoms with Gasteiger partial charge in [-0.25, -0.2) is 0 Å². The molecule has 0 saturated carbocycles. The lowest BCUT2D eigenvalue weighted by Gasteiger charge is -2.13. The number of ether oxygens (including phenoxy) is 1. The Balaban J connectivity index is 2.34. The van der Waals surface area contributed by atoms with Crippen LogP contribution in [0.5, 0.6) is 5.75 Å². The summed E-state index contributed by atoms with van der Waals surface area (Å²) in [6.07, 6.45) is 5.29. The standard InChI is InChI=1S/C11H11BrO/c12-10-6-5-9-3-1-2-4-11(9)13-8-7-10/h1-6,10H,7-8H2. The minimum absolute atomic E-state index is 0.431. The van der Waals surface area contributed by atoms with E-state index in [0.717, 1.165) is 24.3 Å². The Morgan fingerprint density at radius 3 is 3.08 bits per heavy atom. The number of rotatable bonds is 0. The zero-order valence-corrected chi connectivity index (χ0v) is 8.83. The van der Waals surface area contributed by atoms with Crippen molar-refractivity contribution in [2.24, 2.45) is 0 Å². The highest BCUT2D eigenvalue weighted by atomic mass is 79.9. The summed E-state index contributed by atoms with van der Waals surface area (Å²) in [6, 6.07) is 8.10. The molecule has 0 aromatic heterocycles. The predicted octanol–water partition coefficient (Wildman–Crippen LogP) is 3.25. The highest BCUT2D eigenvalue weighted by molar-refractivity contribution is 9.09. The molecule has 1 aliphatic rings. The van der Waals surface area contributed by atoms with Gasteiger partial charge < -0.3 is 4.74 Å². The van der Waals surface area contributed by atoms with Crippen LogP contribution in [0.25, 0.3) is 6.08 Å². The van der Waals surface area contributed by atoms with E-state index in [9.17, 15) is 0 Å². The van der Waals surface area contributed by atoms with Gasteiger partial charge in [0.25, 0.3) is 0 Å². The summed E-state index contributed by atoms with van der Waals surface area (Å²) in [5, 5.41) is 0. The van der Waals surface area contributed by atoms with Crippen molar-refractivity contribution in [3.05, 3.63) is 35.9 Å². The molecule has 0 aliphatic carbocycles. The second-order valence-corrected chi connectivity index (χ2v) is 4.23. The maximum Gasteiger partial charge on any atom is 0.126 e. The molecule has 1 heterocycles. The Morgan fingerprint density at radius 2 is 2.15 bits per heavy atom. The van der Waals surface area contributed by atoms with Gasteiger partial charge in [-0.1, -0.05) is 46.3 Å². The molecule has 68 valence electrons. The molecule has 0 amide bonds. The van der Waals surface area contributed by atoms with Gasteiger partial charge in [0, 0.05) is 10.4 Å². The van der Waals surface area contributed by atoms with Gasteiger partial charge in [0.2, 0.25) is 0 Å². The predicted molar refractivity (Wildman–Crippen MR) is 58.3 cm³/mol. The SMILES string of the molecule is BrC1C=Cc2ccccc2OCC1. The van der Waals surface area contributed by atoms with Crippen molar-refractivity contribution in [1.29, 1.82) is 0 Å². The molecule has 1 atom stereocenters. The number of hydrogen-bond donors (Lipinski definition) is 0. The van der Waals surface area contributed by atoms with Gasteiger partial charge in [-0.3, -0.25) is 0 Å². The smallest absolute Gasteiger partial charge is 0.126 e. The normalized spacial score (nSPS) is 21.2. The molecule has 0 bridgehead atoms. The monoisotopic (exact) mass is 238 g/mol. The van der Waals surface area contributed by atoms with Crippen LogP contribution in [0.4, 0.5) is 0 Å². The van der Waals surface area contributed by atoms with Crippen LogP contribution in [0, 0.1) is 0 Å². The second-order valence-electron chi connectivity index (χ2n) is 3.05. The molecule has 1 nitrogen and oxygen atoms in total. The summed E-state index contributed by atoms with van der Waals surface area (Å²) in [7, 11) is 0. The zero-order chi connectivity index (χ0) is 9.10. The summed E-state index contributed by atoms with van der Waals surface area (Å²) in [4.78, 5) is 0.431. The third-order valence-electron chi connectivity index (χ3n) is 2.05. The third kappa shape index (κ3) is 2.13. The Kier molecular flexibility index (Phi) is 2.69. The summed E-state index contributed by atoms with van der Waals surface area (Å²) in [5.41, 5.74) is 1.16. The molecule has 0 N–H and O–H groups in total. The largest absolute Gasteiger partial charge is 0.493 e. The van der Waals surface area contributed by atoms with Crippen LogP contribution >= 0.6 is 15.9 Å². The first-order valence-electron chi connectivity index (χ1n) is 4.40. The number of para-hydroxylation sites is 1. The Labute approximate surface area is 86.5 Å². The van der Waals surface area contributed by atoms with E-state index in [1.54, 1.807) is 0 Å². The van der Waals surface area contributed by atoms with Gasteiger partial charge in [-0.15, -0.1) is 0 Å². The van der Waals surface area contributed by atoms with Crippen LogP contribution in [0.15, 0.2) is 30.3 Å². The van der Waals surface area contributed by atoms with Crippen LogP contribution in [0.1, 0.15) is 12.0 Å². The van der Waals surface area contributed by atoms with Crippen molar-refractivity contribution in [3.63, 3.8) is 0 Å². The third-order valence-corrected chi connectivity index (χ3v) is 2.82.